The number of allylic oxidation sites excluding steroid dienone is 4. The smallest absolute Gasteiger partial charge is 0.323 e. The Bertz CT molecular complexity index is 721. The summed E-state index contributed by atoms with van der Waals surface area (Å²) in [6.07, 6.45) is 0.752. The average Bonchev–Trinajstić information content (AvgIpc) is 2.73. The van der Waals surface area contributed by atoms with E-state index >= 15 is 0 Å². The van der Waals surface area contributed by atoms with Gasteiger partial charge < -0.3 is 10.1 Å². The van der Waals surface area contributed by atoms with Crippen molar-refractivity contribution in [1.82, 2.24) is 5.32 Å². The molecule has 0 bridgehead atoms. The maximum absolute atomic E-state index is 12.6. The van der Waals surface area contributed by atoms with Gasteiger partial charge in [0, 0.05) is 29.9 Å². The van der Waals surface area contributed by atoms with Crippen molar-refractivity contribution in [3.05, 3.63) is 22.3 Å². The molecule has 3 unspecified atom stereocenters. The lowest BCUT2D eigenvalue weighted by Crippen LogP contribution is -2.45. The van der Waals surface area contributed by atoms with Crippen molar-refractivity contribution in [2.75, 3.05) is 12.9 Å². The summed E-state index contributed by atoms with van der Waals surface area (Å²) < 4.78 is 4.96. The Hall–Kier alpha value is -1.40. The molecule has 3 atom stereocenters. The molecule has 0 aromatic carbocycles. The molecule has 0 saturated carbocycles. The number of carbonyl (C=O) groups is 3. The van der Waals surface area contributed by atoms with Crippen molar-refractivity contribution in [3.63, 3.8) is 0 Å². The maximum Gasteiger partial charge on any atom is 0.323 e. The molecule has 0 aliphatic rings. The van der Waals surface area contributed by atoms with Gasteiger partial charge in [0.1, 0.15) is 6.04 Å². The van der Waals surface area contributed by atoms with Crippen LogP contribution in [0, 0.1) is 11.8 Å². The van der Waals surface area contributed by atoms with E-state index in [0.29, 0.717) is 30.4 Å². The molecular weight excluding hydrogens is 422 g/mol. The minimum atomic E-state index is -0.533. The largest absolute Gasteiger partial charge is 0.468 e. The summed E-state index contributed by atoms with van der Waals surface area (Å²) in [5.41, 5.74) is 3.85. The number of carbonyl (C=O) groups excluding carboxylic acids is 3. The van der Waals surface area contributed by atoms with E-state index in [0.717, 1.165) is 22.3 Å². The number of rotatable bonds is 14. The molecule has 0 saturated heterocycles. The van der Waals surface area contributed by atoms with Crippen LogP contribution in [0.1, 0.15) is 82.1 Å². The quantitative estimate of drug-likeness (QED) is 0.267. The number of thioether (sulfide) groups is 1. The Morgan fingerprint density at radius 1 is 0.781 bits per heavy atom. The topological polar surface area (TPSA) is 72.5 Å². The van der Waals surface area contributed by atoms with Crippen molar-refractivity contribution >= 4 is 29.3 Å². The number of ketones is 2. The molecule has 0 fully saturated rings. The molecule has 1 N–H and O–H groups in total. The summed E-state index contributed by atoms with van der Waals surface area (Å²) in [6, 6.07) is -0.701. The zero-order valence-corrected chi connectivity index (χ0v) is 22.9. The van der Waals surface area contributed by atoms with Gasteiger partial charge in [0.25, 0.3) is 0 Å². The standard InChI is InChI=1S/C26H45NO4S/c1-15(2)19(7)21(9)24(28)12-17(5)27-23(26(30)31-11)14-32-18(6)13-25(29)22(10)20(8)16(3)4/h15-18,23,27H,12-14H2,1-11H3/b21-19+,22-20+. The van der Waals surface area contributed by atoms with Crippen LogP contribution in [0.2, 0.25) is 0 Å². The van der Waals surface area contributed by atoms with E-state index < -0.39 is 6.04 Å². The molecule has 0 rings (SSSR count). The van der Waals surface area contributed by atoms with Gasteiger partial charge >= 0.3 is 5.97 Å². The minimum absolute atomic E-state index is 0.0715. The van der Waals surface area contributed by atoms with E-state index in [-0.39, 0.29) is 28.8 Å². The van der Waals surface area contributed by atoms with Crippen molar-refractivity contribution in [2.45, 2.75) is 99.4 Å². The molecule has 5 nitrogen and oxygen atoms in total. The second kappa shape index (κ2) is 14.7. The molecule has 0 aliphatic carbocycles. The SMILES string of the molecule is COC(=O)C(CSC(C)CC(=O)/C(C)=C(\C)C(C)C)NC(C)CC(=O)/C(C)=C(\C)C(C)C. The second-order valence-electron chi connectivity index (χ2n) is 9.47. The number of esters is 1. The van der Waals surface area contributed by atoms with Gasteiger partial charge in [-0.3, -0.25) is 14.4 Å². The van der Waals surface area contributed by atoms with E-state index in [2.05, 4.69) is 33.0 Å². The summed E-state index contributed by atoms with van der Waals surface area (Å²) in [5, 5.41) is 3.32. The molecule has 0 aliphatic heterocycles. The fourth-order valence-corrected chi connectivity index (χ4v) is 4.22. The Kier molecular flexibility index (Phi) is 14.0. The van der Waals surface area contributed by atoms with Gasteiger partial charge in [-0.05, 0) is 57.6 Å². The predicted molar refractivity (Wildman–Crippen MR) is 136 cm³/mol. The molecular formula is C26H45NO4S. The number of ether oxygens (including phenoxy) is 1. The number of methoxy groups -OCH3 is 1. The molecule has 0 aromatic heterocycles. The first-order valence-corrected chi connectivity index (χ1v) is 12.6. The van der Waals surface area contributed by atoms with Gasteiger partial charge in [-0.25, -0.2) is 0 Å². The first-order valence-electron chi connectivity index (χ1n) is 11.6. The second-order valence-corrected chi connectivity index (χ2v) is 10.9. The number of hydrogen-bond acceptors (Lipinski definition) is 6. The van der Waals surface area contributed by atoms with Gasteiger partial charge in [-0.15, -0.1) is 0 Å². The van der Waals surface area contributed by atoms with Gasteiger partial charge in [0.2, 0.25) is 0 Å². The maximum atomic E-state index is 12.6. The van der Waals surface area contributed by atoms with Crippen LogP contribution in [0.5, 0.6) is 0 Å². The highest BCUT2D eigenvalue weighted by Crippen LogP contribution is 2.22. The Morgan fingerprint density at radius 3 is 1.62 bits per heavy atom. The Labute approximate surface area is 200 Å². The highest BCUT2D eigenvalue weighted by Gasteiger charge is 2.24. The van der Waals surface area contributed by atoms with Crippen LogP contribution in [0.15, 0.2) is 22.3 Å². The van der Waals surface area contributed by atoms with Crippen LogP contribution in [0.4, 0.5) is 0 Å². The third kappa shape index (κ3) is 10.5. The Balaban J connectivity index is 5.00. The number of Topliss-reactive ketones (excluding diaryl/α,β-unsaturated/α-hetero) is 2. The Morgan fingerprint density at radius 2 is 1.22 bits per heavy atom. The van der Waals surface area contributed by atoms with E-state index in [1.54, 1.807) is 11.8 Å². The first kappa shape index (κ1) is 30.6. The summed E-state index contributed by atoms with van der Waals surface area (Å²) in [7, 11) is 1.37. The van der Waals surface area contributed by atoms with E-state index in [1.165, 1.54) is 7.11 Å². The van der Waals surface area contributed by atoms with Gasteiger partial charge in [0.05, 0.1) is 7.11 Å². The zero-order valence-electron chi connectivity index (χ0n) is 22.0. The summed E-state index contributed by atoms with van der Waals surface area (Å²) in [6.45, 7) is 20.0. The fraction of sp³-hybridized carbons (Fsp3) is 0.731. The van der Waals surface area contributed by atoms with Gasteiger partial charge in [-0.1, -0.05) is 45.8 Å². The first-order chi connectivity index (χ1) is 14.7. The molecule has 32 heavy (non-hydrogen) atoms. The van der Waals surface area contributed by atoms with Crippen LogP contribution in [0.3, 0.4) is 0 Å². The number of hydrogen-bond donors (Lipinski definition) is 1. The van der Waals surface area contributed by atoms with E-state index in [4.69, 9.17) is 4.74 Å². The fourth-order valence-electron chi connectivity index (χ4n) is 3.20. The molecule has 0 spiro atoms. The van der Waals surface area contributed by atoms with Crippen molar-refractivity contribution < 1.29 is 19.1 Å². The van der Waals surface area contributed by atoms with Crippen molar-refractivity contribution in [3.8, 4) is 0 Å². The highest BCUT2D eigenvalue weighted by atomic mass is 32.2. The van der Waals surface area contributed by atoms with Crippen molar-refractivity contribution in [1.29, 1.82) is 0 Å². The number of nitrogens with one attached hydrogen (secondary N) is 1. The van der Waals surface area contributed by atoms with Crippen LogP contribution in [-0.2, 0) is 19.1 Å². The van der Waals surface area contributed by atoms with Crippen LogP contribution < -0.4 is 5.32 Å². The normalized spacial score (nSPS) is 16.3. The van der Waals surface area contributed by atoms with Crippen LogP contribution in [0.25, 0.3) is 0 Å². The van der Waals surface area contributed by atoms with Crippen LogP contribution >= 0.6 is 11.8 Å². The van der Waals surface area contributed by atoms with Gasteiger partial charge in [0.15, 0.2) is 11.6 Å². The van der Waals surface area contributed by atoms with Gasteiger partial charge in [-0.2, -0.15) is 11.8 Å². The average molecular weight is 468 g/mol. The molecule has 6 heteroatoms. The lowest BCUT2D eigenvalue weighted by Gasteiger charge is -2.23. The van der Waals surface area contributed by atoms with Crippen molar-refractivity contribution in [2.24, 2.45) is 11.8 Å². The highest BCUT2D eigenvalue weighted by molar-refractivity contribution is 7.99. The zero-order chi connectivity index (χ0) is 25.2. The lowest BCUT2D eigenvalue weighted by atomic mass is 9.95. The molecule has 0 radical (unpaired) electrons. The minimum Gasteiger partial charge on any atom is -0.468 e. The lowest BCUT2D eigenvalue weighted by molar-refractivity contribution is -0.142. The molecule has 184 valence electrons. The molecule has 0 heterocycles. The predicted octanol–water partition coefficient (Wildman–Crippen LogP) is 5.53. The third-order valence-corrected chi connectivity index (χ3v) is 7.50. The summed E-state index contributed by atoms with van der Waals surface area (Å²) >= 11 is 1.57. The summed E-state index contributed by atoms with van der Waals surface area (Å²) in [4.78, 5) is 37.5. The third-order valence-electron chi connectivity index (χ3n) is 6.23. The molecule has 0 aromatic rings. The molecule has 0 amide bonds. The van der Waals surface area contributed by atoms with E-state index in [9.17, 15) is 14.4 Å². The van der Waals surface area contributed by atoms with Crippen LogP contribution in [-0.4, -0.2) is 47.7 Å². The summed E-state index contributed by atoms with van der Waals surface area (Å²) in [5.74, 6) is 1.04. The monoisotopic (exact) mass is 467 g/mol. The van der Waals surface area contributed by atoms with E-state index in [1.807, 2.05) is 41.5 Å².